The number of rotatable bonds is 55. The Morgan fingerprint density at radius 3 is 0.838 bits per heavy atom. The zero-order chi connectivity index (χ0) is 53.6. The van der Waals surface area contributed by atoms with Crippen LogP contribution in [-0.2, 0) is 28.6 Å². The number of allylic oxidation sites excluding steroid dienone is 18. The summed E-state index contributed by atoms with van der Waals surface area (Å²) >= 11 is 0. The molecule has 0 fully saturated rings. The molecule has 0 radical (unpaired) electrons. The first-order valence-corrected chi connectivity index (χ1v) is 30.9. The van der Waals surface area contributed by atoms with Crippen LogP contribution in [0.25, 0.3) is 0 Å². The third-order valence-electron chi connectivity index (χ3n) is 13.0. The van der Waals surface area contributed by atoms with Gasteiger partial charge in [-0.3, -0.25) is 14.4 Å². The van der Waals surface area contributed by atoms with E-state index in [-0.39, 0.29) is 31.1 Å². The predicted molar refractivity (Wildman–Crippen MR) is 320 cm³/mol. The maximum atomic E-state index is 12.9. The van der Waals surface area contributed by atoms with Crippen LogP contribution in [0.2, 0.25) is 0 Å². The first-order chi connectivity index (χ1) is 36.5. The van der Waals surface area contributed by atoms with Crippen molar-refractivity contribution in [2.45, 2.75) is 290 Å². The number of carbonyl (C=O) groups excluding carboxylic acids is 3. The molecular formula is C68H114O6. The van der Waals surface area contributed by atoms with Gasteiger partial charge in [-0.25, -0.2) is 0 Å². The highest BCUT2D eigenvalue weighted by molar-refractivity contribution is 5.71. The molecule has 0 aliphatic carbocycles. The minimum atomic E-state index is -0.788. The fourth-order valence-electron chi connectivity index (χ4n) is 8.43. The highest BCUT2D eigenvalue weighted by Crippen LogP contribution is 2.16. The molecule has 74 heavy (non-hydrogen) atoms. The van der Waals surface area contributed by atoms with E-state index in [1.165, 1.54) is 116 Å². The molecule has 0 aromatic carbocycles. The molecule has 0 heterocycles. The minimum absolute atomic E-state index is 0.0851. The summed E-state index contributed by atoms with van der Waals surface area (Å²) in [5, 5.41) is 0. The van der Waals surface area contributed by atoms with E-state index >= 15 is 0 Å². The average Bonchev–Trinajstić information content (AvgIpc) is 3.40. The first kappa shape index (κ1) is 70.1. The normalized spacial score (nSPS) is 12.9. The number of ether oxygens (including phenoxy) is 3. The molecule has 0 spiro atoms. The standard InChI is InChI=1S/C68H114O6/c1-4-7-10-13-16-19-22-24-26-28-29-30-31-32-33-34-35-36-37-38-39-41-42-44-46-49-52-55-58-61-67(70)73-64-65(63-72-66(69)60-57-54-51-48-21-18-15-12-9-6-3)74-68(71)62-59-56-53-50-47-45-43-40-27-25-23-20-17-14-11-8-5-2/h7-8,10-12,15-17,19-20,24-27,29-30,32-33,65H,4-6,9,13-14,18,21-23,28,31,34-64H2,1-3H3/b10-7-,11-8-,15-12-,19-16-,20-17-,26-24-,27-25-,30-29-,33-32-. The second-order valence-electron chi connectivity index (χ2n) is 20.2. The van der Waals surface area contributed by atoms with Crippen molar-refractivity contribution < 1.29 is 28.6 Å². The Balaban J connectivity index is 4.21. The smallest absolute Gasteiger partial charge is 0.306 e. The summed E-state index contributed by atoms with van der Waals surface area (Å²) in [6, 6.07) is 0. The van der Waals surface area contributed by atoms with Gasteiger partial charge in [-0.2, -0.15) is 0 Å². The van der Waals surface area contributed by atoms with E-state index < -0.39 is 6.10 Å². The Bertz CT molecular complexity index is 1510. The number of esters is 3. The summed E-state index contributed by atoms with van der Waals surface area (Å²) in [4.78, 5) is 38.2. The molecule has 0 bridgehead atoms. The molecule has 422 valence electrons. The van der Waals surface area contributed by atoms with Crippen LogP contribution in [0.5, 0.6) is 0 Å². The van der Waals surface area contributed by atoms with Crippen molar-refractivity contribution in [3.63, 3.8) is 0 Å². The van der Waals surface area contributed by atoms with Gasteiger partial charge in [0.2, 0.25) is 0 Å². The van der Waals surface area contributed by atoms with Gasteiger partial charge in [-0.05, 0) is 116 Å². The van der Waals surface area contributed by atoms with Gasteiger partial charge in [0.05, 0.1) is 0 Å². The quantitative estimate of drug-likeness (QED) is 0.0261. The highest BCUT2D eigenvalue weighted by Gasteiger charge is 2.19. The van der Waals surface area contributed by atoms with Crippen molar-refractivity contribution in [3.05, 3.63) is 109 Å². The Morgan fingerprint density at radius 1 is 0.284 bits per heavy atom. The molecule has 0 saturated heterocycles. The third kappa shape index (κ3) is 59.0. The molecule has 0 aliphatic rings. The van der Waals surface area contributed by atoms with Crippen molar-refractivity contribution in [1.82, 2.24) is 0 Å². The number of unbranched alkanes of at least 4 members (excludes halogenated alkanes) is 26. The minimum Gasteiger partial charge on any atom is -0.462 e. The Labute approximate surface area is 457 Å². The van der Waals surface area contributed by atoms with Gasteiger partial charge in [-0.1, -0.05) is 259 Å². The van der Waals surface area contributed by atoms with E-state index in [9.17, 15) is 14.4 Å². The summed E-state index contributed by atoms with van der Waals surface area (Å²) in [7, 11) is 0. The molecule has 0 N–H and O–H groups in total. The van der Waals surface area contributed by atoms with Gasteiger partial charge in [0.15, 0.2) is 6.10 Å². The summed E-state index contributed by atoms with van der Waals surface area (Å²) in [6.45, 7) is 6.35. The molecule has 0 aromatic heterocycles. The van der Waals surface area contributed by atoms with Gasteiger partial charge in [0.1, 0.15) is 13.2 Å². The Kier molecular flexibility index (Phi) is 58.3. The van der Waals surface area contributed by atoms with Crippen LogP contribution < -0.4 is 0 Å². The monoisotopic (exact) mass is 1030 g/mol. The second kappa shape index (κ2) is 61.6. The van der Waals surface area contributed by atoms with Crippen molar-refractivity contribution in [1.29, 1.82) is 0 Å². The fraction of sp³-hybridized carbons (Fsp3) is 0.691. The molecule has 1 atom stereocenters. The van der Waals surface area contributed by atoms with E-state index in [1.807, 2.05) is 0 Å². The summed E-state index contributed by atoms with van der Waals surface area (Å²) in [5.41, 5.74) is 0. The van der Waals surface area contributed by atoms with Crippen LogP contribution in [0.3, 0.4) is 0 Å². The van der Waals surface area contributed by atoms with Crippen molar-refractivity contribution in [3.8, 4) is 0 Å². The van der Waals surface area contributed by atoms with Crippen LogP contribution in [0.4, 0.5) is 0 Å². The van der Waals surface area contributed by atoms with Gasteiger partial charge in [-0.15, -0.1) is 0 Å². The number of hydrogen-bond donors (Lipinski definition) is 0. The third-order valence-corrected chi connectivity index (χ3v) is 13.0. The van der Waals surface area contributed by atoms with Gasteiger partial charge >= 0.3 is 17.9 Å². The van der Waals surface area contributed by atoms with Crippen molar-refractivity contribution in [2.75, 3.05) is 13.2 Å². The van der Waals surface area contributed by atoms with Crippen LogP contribution in [0.15, 0.2) is 109 Å². The van der Waals surface area contributed by atoms with Crippen LogP contribution in [0.1, 0.15) is 284 Å². The van der Waals surface area contributed by atoms with E-state index in [4.69, 9.17) is 14.2 Å². The van der Waals surface area contributed by atoms with E-state index in [0.29, 0.717) is 19.3 Å². The van der Waals surface area contributed by atoms with Crippen LogP contribution in [0, 0.1) is 0 Å². The molecule has 0 aromatic rings. The second-order valence-corrected chi connectivity index (χ2v) is 20.2. The fourth-order valence-corrected chi connectivity index (χ4v) is 8.43. The first-order valence-electron chi connectivity index (χ1n) is 30.9. The molecule has 0 saturated carbocycles. The molecular weight excluding hydrogens is 913 g/mol. The van der Waals surface area contributed by atoms with E-state index in [0.717, 1.165) is 128 Å². The number of hydrogen-bond acceptors (Lipinski definition) is 6. The zero-order valence-electron chi connectivity index (χ0n) is 48.3. The topological polar surface area (TPSA) is 78.9 Å². The van der Waals surface area contributed by atoms with Gasteiger partial charge in [0, 0.05) is 19.3 Å². The highest BCUT2D eigenvalue weighted by atomic mass is 16.6. The molecule has 6 nitrogen and oxygen atoms in total. The Morgan fingerprint density at radius 2 is 0.527 bits per heavy atom. The molecule has 0 rings (SSSR count). The molecule has 6 heteroatoms. The lowest BCUT2D eigenvalue weighted by atomic mass is 10.0. The molecule has 0 amide bonds. The lowest BCUT2D eigenvalue weighted by molar-refractivity contribution is -0.167. The van der Waals surface area contributed by atoms with E-state index in [2.05, 4.69) is 130 Å². The SMILES string of the molecule is CC/C=C\C/C=C\C/C=C\C/C=C\C/C=C\CCCCCCCCCCCCCCCC(=O)OCC(COC(=O)CCCCCCC/C=C\CCC)OC(=O)CCCCCCCCC/C=C\C/C=C\C/C=C\CC. The average molecular weight is 1030 g/mol. The zero-order valence-corrected chi connectivity index (χ0v) is 48.3. The molecule has 0 aliphatic heterocycles. The maximum absolute atomic E-state index is 12.9. The predicted octanol–water partition coefficient (Wildman–Crippen LogP) is 21.0. The van der Waals surface area contributed by atoms with Gasteiger partial charge in [0.25, 0.3) is 0 Å². The van der Waals surface area contributed by atoms with E-state index in [1.54, 1.807) is 0 Å². The summed E-state index contributed by atoms with van der Waals surface area (Å²) in [6.07, 6.45) is 83.9. The number of carbonyl (C=O) groups is 3. The van der Waals surface area contributed by atoms with Gasteiger partial charge < -0.3 is 14.2 Å². The van der Waals surface area contributed by atoms with Crippen molar-refractivity contribution >= 4 is 17.9 Å². The van der Waals surface area contributed by atoms with Crippen LogP contribution in [-0.4, -0.2) is 37.2 Å². The van der Waals surface area contributed by atoms with Crippen LogP contribution >= 0.6 is 0 Å². The Hall–Kier alpha value is -3.93. The molecule has 1 unspecified atom stereocenters. The lowest BCUT2D eigenvalue weighted by Crippen LogP contribution is -2.30. The summed E-state index contributed by atoms with van der Waals surface area (Å²) in [5.74, 6) is -0.903. The lowest BCUT2D eigenvalue weighted by Gasteiger charge is -2.18. The summed E-state index contributed by atoms with van der Waals surface area (Å²) < 4.78 is 16.9. The van der Waals surface area contributed by atoms with Crippen molar-refractivity contribution in [2.24, 2.45) is 0 Å². The largest absolute Gasteiger partial charge is 0.462 e. The maximum Gasteiger partial charge on any atom is 0.306 e.